The first-order chi connectivity index (χ1) is 33.1. The molecule has 19 heteroatoms. The molecular weight excluding hydrogens is 899 g/mol. The van der Waals surface area contributed by atoms with E-state index in [4.69, 9.17) is 33.3 Å². The fourth-order valence-corrected chi connectivity index (χ4v) is 9.79. The van der Waals surface area contributed by atoms with Gasteiger partial charge in [0.2, 0.25) is 17.6 Å². The van der Waals surface area contributed by atoms with Gasteiger partial charge in [0.05, 0.1) is 32.4 Å². The van der Waals surface area contributed by atoms with Gasteiger partial charge in [-0.2, -0.15) is 5.06 Å². The number of hydroxylamine groups is 2. The molecule has 1 aliphatic carbocycles. The minimum atomic E-state index is -1.56. The Labute approximate surface area is 399 Å². The van der Waals surface area contributed by atoms with Crippen molar-refractivity contribution in [1.82, 2.24) is 15.7 Å². The minimum absolute atomic E-state index is 0.0177. The standard InChI is InChI=1S/C50H61N3O16/c1-48(2,3)66-37(57)21-20-33(27-54)52-36(56)22-23-51-47(62)49-25-34-41-42(68-50(67-41,31-12-6-4-7-13-31)32-14-8-5-9-15-32)44(49)69-53(43(49)45(61)64-34)26-30-18-16-29(17-19-30)11-10-24-63-46-40(60)39(59)38(58)35(28-55)65-46/h4-19,33-35,38-44,46,54-55,58-60H,20-28H2,1-3H3,(H,51,62)(H,52,56). The summed E-state index contributed by atoms with van der Waals surface area (Å²) in [6, 6.07) is 24.1. The number of carbonyl (C=O) groups is 4. The Kier molecular flexibility index (Phi) is 15.3. The number of amides is 2. The van der Waals surface area contributed by atoms with Crippen LogP contribution in [0, 0.1) is 5.41 Å². The van der Waals surface area contributed by atoms with Gasteiger partial charge in [0, 0.05) is 36.9 Å². The van der Waals surface area contributed by atoms with Crippen molar-refractivity contribution in [3.05, 3.63) is 113 Å². The molecule has 8 rings (SSSR count). The van der Waals surface area contributed by atoms with Crippen molar-refractivity contribution in [2.45, 2.75) is 132 Å². The predicted octanol–water partition coefficient (Wildman–Crippen LogP) is 1.11. The molecule has 5 fully saturated rings. The van der Waals surface area contributed by atoms with Gasteiger partial charge >= 0.3 is 11.9 Å². The van der Waals surface area contributed by atoms with E-state index in [1.165, 1.54) is 5.06 Å². The fraction of sp³-hybridized carbons (Fsp3) is 0.520. The number of ether oxygens (including phenoxy) is 6. The number of nitrogens with one attached hydrogen (secondary N) is 2. The SMILES string of the molecule is CC(C)(C)OC(=O)CCC(CO)NC(=O)CCNC(=O)C12CC3OC(=O)C1N(Cc1ccc(C=CCOC4OC(CO)C(O)C(O)C4O)cc1)OC2C1OC(c2ccccc2)(c2ccccc2)OC31. The number of carbonyl (C=O) groups excluding carboxylic acids is 4. The maximum absolute atomic E-state index is 14.9. The van der Waals surface area contributed by atoms with E-state index in [2.05, 4.69) is 10.6 Å². The summed E-state index contributed by atoms with van der Waals surface area (Å²) in [7, 11) is 0. The van der Waals surface area contributed by atoms with Crippen molar-refractivity contribution < 1.29 is 78.0 Å². The summed E-state index contributed by atoms with van der Waals surface area (Å²) < 4.78 is 36.5. The fourth-order valence-electron chi connectivity index (χ4n) is 9.79. The van der Waals surface area contributed by atoms with Crippen LogP contribution in [0.2, 0.25) is 0 Å². The summed E-state index contributed by atoms with van der Waals surface area (Å²) in [6.07, 6.45) is -7.30. The number of fused-ring (bicyclic) bond motifs is 4. The summed E-state index contributed by atoms with van der Waals surface area (Å²) in [5, 5.41) is 56.9. The maximum atomic E-state index is 14.9. The first kappa shape index (κ1) is 50.2. The zero-order chi connectivity index (χ0) is 49.1. The normalized spacial score (nSPS) is 30.9. The average molecular weight is 960 g/mol. The van der Waals surface area contributed by atoms with E-state index >= 15 is 0 Å². The number of hydrogen-bond acceptors (Lipinski definition) is 17. The molecular formula is C50H61N3O16. The van der Waals surface area contributed by atoms with Crippen LogP contribution in [0.3, 0.4) is 0 Å². The molecule has 2 amide bonds. The Hall–Kier alpha value is -5.16. The second-order valence-electron chi connectivity index (χ2n) is 19.0. The van der Waals surface area contributed by atoms with Gasteiger partial charge < -0.3 is 64.6 Å². The Morgan fingerprint density at radius 1 is 0.884 bits per heavy atom. The van der Waals surface area contributed by atoms with Crippen LogP contribution >= 0.6 is 0 Å². The lowest BCUT2D eigenvalue weighted by atomic mass is 9.62. The van der Waals surface area contributed by atoms with E-state index in [0.717, 1.165) is 11.1 Å². The topological polar surface area (TPSA) is 261 Å². The lowest BCUT2D eigenvalue weighted by Crippen LogP contribution is -2.69. The van der Waals surface area contributed by atoms with E-state index in [9.17, 15) is 44.7 Å². The van der Waals surface area contributed by atoms with Crippen molar-refractivity contribution in [2.24, 2.45) is 5.41 Å². The maximum Gasteiger partial charge on any atom is 0.327 e. The third-order valence-electron chi connectivity index (χ3n) is 13.1. The first-order valence-corrected chi connectivity index (χ1v) is 23.3. The van der Waals surface area contributed by atoms with Crippen LogP contribution in [0.4, 0.5) is 0 Å². The monoisotopic (exact) mass is 959 g/mol. The first-order valence-electron chi connectivity index (χ1n) is 23.3. The molecule has 7 N–H and O–H groups in total. The van der Waals surface area contributed by atoms with Crippen LogP contribution in [0.5, 0.6) is 0 Å². The minimum Gasteiger partial charge on any atom is -0.460 e. The van der Waals surface area contributed by atoms with Gasteiger partial charge in [-0.15, -0.1) is 0 Å². The van der Waals surface area contributed by atoms with Crippen molar-refractivity contribution in [3.8, 4) is 0 Å². The molecule has 0 spiro atoms. The number of rotatable bonds is 18. The molecule has 3 aromatic rings. The van der Waals surface area contributed by atoms with E-state index in [-0.39, 0.29) is 45.4 Å². The zero-order valence-electron chi connectivity index (χ0n) is 38.6. The lowest BCUT2D eigenvalue weighted by Gasteiger charge is -2.48. The van der Waals surface area contributed by atoms with Crippen molar-refractivity contribution >= 4 is 29.8 Å². The molecule has 4 saturated heterocycles. The van der Waals surface area contributed by atoms with Crippen molar-refractivity contribution in [1.29, 1.82) is 0 Å². The molecule has 3 aromatic carbocycles. The summed E-state index contributed by atoms with van der Waals surface area (Å²) in [4.78, 5) is 61.4. The average Bonchev–Trinajstić information content (AvgIpc) is 3.92. The second kappa shape index (κ2) is 21.1. The van der Waals surface area contributed by atoms with Crippen LogP contribution in [0.1, 0.15) is 68.7 Å². The highest BCUT2D eigenvalue weighted by molar-refractivity contribution is 5.94. The van der Waals surface area contributed by atoms with Gasteiger partial charge in [-0.05, 0) is 38.3 Å². The van der Waals surface area contributed by atoms with Crippen molar-refractivity contribution in [3.63, 3.8) is 0 Å². The number of nitrogens with zero attached hydrogens (tertiary/aromatic N) is 1. The smallest absolute Gasteiger partial charge is 0.327 e. The van der Waals surface area contributed by atoms with Gasteiger partial charge in [0.25, 0.3) is 0 Å². The van der Waals surface area contributed by atoms with Gasteiger partial charge in [-0.25, -0.2) is 0 Å². The van der Waals surface area contributed by atoms with Crippen LogP contribution in [0.25, 0.3) is 6.08 Å². The van der Waals surface area contributed by atoms with E-state index in [1.807, 2.05) is 84.9 Å². The van der Waals surface area contributed by atoms with Crippen molar-refractivity contribution in [2.75, 3.05) is 26.4 Å². The number of hydrogen-bond donors (Lipinski definition) is 7. The van der Waals surface area contributed by atoms with Crippen LogP contribution < -0.4 is 10.6 Å². The molecule has 69 heavy (non-hydrogen) atoms. The van der Waals surface area contributed by atoms with Gasteiger partial charge in [-0.1, -0.05) is 97.1 Å². The predicted molar refractivity (Wildman–Crippen MR) is 241 cm³/mol. The lowest BCUT2D eigenvalue weighted by molar-refractivity contribution is -0.298. The highest BCUT2D eigenvalue weighted by Crippen LogP contribution is 2.59. The number of aliphatic hydroxyl groups is 5. The van der Waals surface area contributed by atoms with Gasteiger partial charge in [-0.3, -0.25) is 24.0 Å². The molecule has 4 aliphatic heterocycles. The Morgan fingerprint density at radius 2 is 1.55 bits per heavy atom. The molecule has 0 aromatic heterocycles. The Morgan fingerprint density at radius 3 is 2.19 bits per heavy atom. The van der Waals surface area contributed by atoms with Crippen LogP contribution in [0.15, 0.2) is 91.0 Å². The summed E-state index contributed by atoms with van der Waals surface area (Å²) in [6.45, 7) is 4.16. The molecule has 12 atom stereocenters. The summed E-state index contributed by atoms with van der Waals surface area (Å²) >= 11 is 0. The van der Waals surface area contributed by atoms with Gasteiger partial charge in [0.1, 0.15) is 59.8 Å². The highest BCUT2D eigenvalue weighted by atomic mass is 16.8. The third kappa shape index (κ3) is 10.5. The molecule has 372 valence electrons. The van der Waals surface area contributed by atoms with E-state index in [1.54, 1.807) is 32.9 Å². The largest absolute Gasteiger partial charge is 0.460 e. The van der Waals surface area contributed by atoms with Crippen LogP contribution in [-0.2, 0) is 64.8 Å². The molecule has 12 unspecified atom stereocenters. The van der Waals surface area contributed by atoms with Gasteiger partial charge in [0.15, 0.2) is 12.3 Å². The summed E-state index contributed by atoms with van der Waals surface area (Å²) in [5.41, 5.74) is 0.612. The molecule has 0 radical (unpaired) electrons. The second-order valence-corrected chi connectivity index (χ2v) is 19.0. The highest BCUT2D eigenvalue weighted by Gasteiger charge is 2.76. The molecule has 4 heterocycles. The number of esters is 2. The number of benzene rings is 3. The molecule has 5 aliphatic rings. The zero-order valence-corrected chi connectivity index (χ0v) is 38.6. The number of aliphatic hydroxyl groups excluding tert-OH is 5. The van der Waals surface area contributed by atoms with E-state index in [0.29, 0.717) is 11.1 Å². The summed E-state index contributed by atoms with van der Waals surface area (Å²) in [5.74, 6) is -3.61. The molecule has 2 bridgehead atoms. The van der Waals surface area contributed by atoms with Crippen LogP contribution in [-0.4, -0.2) is 154 Å². The Bertz CT molecular complexity index is 2250. The van der Waals surface area contributed by atoms with E-state index < -0.39 is 121 Å². The molecule has 1 saturated carbocycles. The Balaban J connectivity index is 0.997. The quantitative estimate of drug-likeness (QED) is 0.0881. The molecule has 19 nitrogen and oxygen atoms in total. The third-order valence-corrected chi connectivity index (χ3v) is 13.1.